The van der Waals surface area contributed by atoms with Crippen LogP contribution in [0.3, 0.4) is 0 Å². The number of rotatable bonds is 4. The van der Waals surface area contributed by atoms with E-state index in [1.165, 1.54) is 12.7 Å². The van der Waals surface area contributed by atoms with E-state index >= 15 is 0 Å². The van der Waals surface area contributed by atoms with Gasteiger partial charge in [0.1, 0.15) is 0 Å². The Labute approximate surface area is 154 Å². The van der Waals surface area contributed by atoms with Crippen LogP contribution in [0.5, 0.6) is 0 Å². The molecule has 0 spiro atoms. The first-order chi connectivity index (χ1) is 12.3. The van der Waals surface area contributed by atoms with Crippen LogP contribution in [0.25, 0.3) is 5.57 Å². The van der Waals surface area contributed by atoms with Gasteiger partial charge in [-0.1, -0.05) is 0 Å². The molecule has 1 heterocycles. The molecule has 0 atom stereocenters. The molecule has 2 rings (SSSR count). The van der Waals surface area contributed by atoms with Gasteiger partial charge in [0.05, 0.1) is 0 Å². The molecular formula is C18H23BN4O3. The average molecular weight is 354 g/mol. The maximum atomic E-state index is 12.0. The molecule has 0 aliphatic carbocycles. The van der Waals surface area contributed by atoms with E-state index in [-0.39, 0.29) is 0 Å². The van der Waals surface area contributed by atoms with Crippen molar-refractivity contribution in [3.8, 4) is 6.26 Å². The van der Waals surface area contributed by atoms with Gasteiger partial charge in [0, 0.05) is 0 Å². The van der Waals surface area contributed by atoms with Gasteiger partial charge in [-0.15, -0.1) is 0 Å². The molecule has 26 heavy (non-hydrogen) atoms. The van der Waals surface area contributed by atoms with Gasteiger partial charge in [-0.3, -0.25) is 0 Å². The molecule has 0 saturated heterocycles. The van der Waals surface area contributed by atoms with E-state index in [1.807, 2.05) is 29.2 Å². The van der Waals surface area contributed by atoms with Gasteiger partial charge in [-0.05, 0) is 0 Å². The molecule has 1 aromatic carbocycles. The molecule has 1 amide bonds. The minimum atomic E-state index is -0.616. The summed E-state index contributed by atoms with van der Waals surface area (Å²) >= 11 is 0. The van der Waals surface area contributed by atoms with Gasteiger partial charge < -0.3 is 0 Å². The molecule has 0 radical (unpaired) electrons. The molecular weight excluding hydrogens is 331 g/mol. The number of nitriles is 1. The Morgan fingerprint density at radius 1 is 1.35 bits per heavy atom. The second-order valence-electron chi connectivity index (χ2n) is 6.89. The van der Waals surface area contributed by atoms with Crippen LogP contribution in [-0.4, -0.2) is 42.5 Å². The van der Waals surface area contributed by atoms with Gasteiger partial charge >= 0.3 is 154 Å². The zero-order valence-electron chi connectivity index (χ0n) is 15.3. The normalized spacial score (nSPS) is 14.6. The Morgan fingerprint density at radius 3 is 2.58 bits per heavy atom. The number of amides is 1. The fourth-order valence-electron chi connectivity index (χ4n) is 2.52. The monoisotopic (exact) mass is 354 g/mol. The van der Waals surface area contributed by atoms with Crippen LogP contribution in [-0.2, 0) is 9.39 Å². The number of carbonyl (C=O) groups excluding carboxylic acids is 1. The predicted molar refractivity (Wildman–Crippen MR) is 102 cm³/mol. The van der Waals surface area contributed by atoms with Crippen molar-refractivity contribution in [1.29, 1.82) is 5.26 Å². The Hall–Kier alpha value is -2.95. The summed E-state index contributed by atoms with van der Waals surface area (Å²) in [7, 11) is 1.21. The number of anilines is 1. The minimum absolute atomic E-state index is 0.383. The van der Waals surface area contributed by atoms with Crippen LogP contribution < -0.4 is 11.1 Å². The van der Waals surface area contributed by atoms with Gasteiger partial charge in [-0.2, -0.15) is 0 Å². The third-order valence-electron chi connectivity index (χ3n) is 3.68. The standard InChI is InChI=1S/C18H23BN4O3/c1-18(2,3)26-17(24)22-16(19-25-12-20)23-10-8-14(9-11-23)13-4-6-15(21)7-5-13/h4-8H,9-11,21H2,1-3H3,(H,22,24). The first-order valence-electron chi connectivity index (χ1n) is 8.33. The van der Waals surface area contributed by atoms with Crippen molar-refractivity contribution in [2.45, 2.75) is 32.8 Å². The number of nitrogens with zero attached hydrogens (tertiary/aromatic N) is 2. The van der Waals surface area contributed by atoms with E-state index in [4.69, 9.17) is 20.4 Å². The number of nitrogen functional groups attached to an aromatic ring is 1. The van der Waals surface area contributed by atoms with Crippen LogP contribution in [0.4, 0.5) is 10.5 Å². The van der Waals surface area contributed by atoms with Crippen LogP contribution in [0.15, 0.2) is 30.3 Å². The Morgan fingerprint density at radius 2 is 2.04 bits per heavy atom. The first kappa shape index (κ1) is 19.4. The summed E-state index contributed by atoms with van der Waals surface area (Å²) in [5, 5.41) is 11.3. The van der Waals surface area contributed by atoms with Crippen molar-refractivity contribution in [2.75, 3.05) is 18.8 Å². The van der Waals surface area contributed by atoms with Crippen LogP contribution in [0.2, 0.25) is 0 Å². The topological polar surface area (TPSA) is 101 Å². The van der Waals surface area contributed by atoms with Crippen LogP contribution >= 0.6 is 0 Å². The summed E-state index contributed by atoms with van der Waals surface area (Å²) in [5.74, 6) is 0. The van der Waals surface area contributed by atoms with E-state index in [2.05, 4.69) is 11.4 Å². The average Bonchev–Trinajstić information content (AvgIpc) is 2.58. The number of carbonyl (C=O) groups is 1. The molecule has 0 saturated carbocycles. The van der Waals surface area contributed by atoms with Crippen molar-refractivity contribution >= 4 is 30.2 Å². The number of nitrogens with two attached hydrogens (primary N) is 1. The summed E-state index contributed by atoms with van der Waals surface area (Å²) in [5.41, 5.74) is 8.55. The van der Waals surface area contributed by atoms with Gasteiger partial charge in [0.15, 0.2) is 0 Å². The van der Waals surface area contributed by atoms with Gasteiger partial charge in [0.25, 0.3) is 0 Å². The fraction of sp³-hybridized carbons (Fsp3) is 0.389. The van der Waals surface area contributed by atoms with E-state index in [0.717, 1.165) is 17.7 Å². The van der Waals surface area contributed by atoms with Gasteiger partial charge in [0.2, 0.25) is 0 Å². The molecule has 7 nitrogen and oxygen atoms in total. The van der Waals surface area contributed by atoms with Crippen molar-refractivity contribution in [2.24, 2.45) is 0 Å². The van der Waals surface area contributed by atoms with Crippen molar-refractivity contribution in [3.63, 3.8) is 0 Å². The van der Waals surface area contributed by atoms with Crippen molar-refractivity contribution < 1.29 is 14.2 Å². The quantitative estimate of drug-likeness (QED) is 0.488. The maximum absolute atomic E-state index is 12.0. The molecule has 0 bridgehead atoms. The number of alkyl carbamates (subject to hydrolysis) is 1. The van der Waals surface area contributed by atoms with Crippen molar-refractivity contribution in [3.05, 3.63) is 35.9 Å². The number of benzene rings is 1. The molecule has 8 heteroatoms. The zero-order valence-corrected chi connectivity index (χ0v) is 15.3. The molecule has 1 aliphatic rings. The van der Waals surface area contributed by atoms with E-state index in [9.17, 15) is 4.79 Å². The third kappa shape index (κ3) is 5.85. The molecule has 0 fully saturated rings. The zero-order chi connectivity index (χ0) is 19.2. The van der Waals surface area contributed by atoms with Gasteiger partial charge in [-0.25, -0.2) is 0 Å². The Bertz CT molecular complexity index is 745. The molecule has 3 N–H and O–H groups in total. The van der Waals surface area contributed by atoms with Crippen molar-refractivity contribution in [1.82, 2.24) is 10.2 Å². The molecule has 1 aliphatic heterocycles. The van der Waals surface area contributed by atoms with Crippen LogP contribution in [0, 0.1) is 11.5 Å². The Balaban J connectivity index is 2.07. The van der Waals surface area contributed by atoms with E-state index in [0.29, 0.717) is 18.8 Å². The Kier molecular flexibility index (Phi) is 6.28. The molecule has 0 aromatic heterocycles. The number of hydrogen-bond acceptors (Lipinski definition) is 6. The summed E-state index contributed by atoms with van der Waals surface area (Å²) in [6.07, 6.45) is 3.83. The molecule has 0 unspecified atom stereocenters. The third-order valence-corrected chi connectivity index (χ3v) is 3.68. The number of ether oxygens (including phenoxy) is 1. The molecule has 1 aromatic rings. The summed E-state index contributed by atoms with van der Waals surface area (Å²) < 4.78 is 9.96. The SMILES string of the molecule is CC(C)(C)OC(=O)NC(=BOC#N)N1CC=C(c2ccc(N)cc2)CC1. The number of hydrogen-bond donors (Lipinski definition) is 2. The molecule has 136 valence electrons. The summed E-state index contributed by atoms with van der Waals surface area (Å²) in [6, 6.07) is 7.73. The first-order valence-corrected chi connectivity index (χ1v) is 8.33. The van der Waals surface area contributed by atoms with Crippen LogP contribution in [0.1, 0.15) is 32.8 Å². The van der Waals surface area contributed by atoms with E-state index < -0.39 is 11.7 Å². The fourth-order valence-corrected chi connectivity index (χ4v) is 2.52. The van der Waals surface area contributed by atoms with E-state index in [1.54, 1.807) is 27.0 Å². The number of nitrogens with one attached hydrogen (secondary N) is 1. The summed E-state index contributed by atoms with van der Waals surface area (Å²) in [6.45, 7) is 6.57. The summed E-state index contributed by atoms with van der Waals surface area (Å²) in [4.78, 5) is 13.9. The second kappa shape index (κ2) is 8.43. The second-order valence-corrected chi connectivity index (χ2v) is 6.89. The predicted octanol–water partition coefficient (Wildman–Crippen LogP) is 2.09.